The van der Waals surface area contributed by atoms with Crippen molar-refractivity contribution in [3.8, 4) is 11.1 Å². The van der Waals surface area contributed by atoms with Gasteiger partial charge in [-0.1, -0.05) is 12.1 Å². The van der Waals surface area contributed by atoms with Crippen molar-refractivity contribution in [3.63, 3.8) is 0 Å². The van der Waals surface area contributed by atoms with Crippen molar-refractivity contribution in [3.05, 3.63) is 59.7 Å². The molecule has 1 fully saturated rings. The van der Waals surface area contributed by atoms with E-state index in [1.807, 2.05) is 59.5 Å². The lowest BCUT2D eigenvalue weighted by molar-refractivity contribution is 0.0730. The number of amides is 1. The zero-order valence-corrected chi connectivity index (χ0v) is 16.1. The summed E-state index contributed by atoms with van der Waals surface area (Å²) >= 11 is 0. The van der Waals surface area contributed by atoms with Crippen molar-refractivity contribution in [1.82, 2.24) is 24.5 Å². The fourth-order valence-electron chi connectivity index (χ4n) is 3.54. The average Bonchev–Trinajstić information content (AvgIpc) is 3.33. The number of hydrogen-bond acceptors (Lipinski definition) is 3. The van der Waals surface area contributed by atoms with Crippen molar-refractivity contribution in [2.75, 3.05) is 0 Å². The second-order valence-corrected chi connectivity index (χ2v) is 7.23. The van der Waals surface area contributed by atoms with Gasteiger partial charge in [0.1, 0.15) is 0 Å². The molecule has 0 bridgehead atoms. The Morgan fingerprint density at radius 3 is 2.70 bits per heavy atom. The third kappa shape index (κ3) is 3.52. The molecule has 0 spiro atoms. The maximum atomic E-state index is 13.2. The molecule has 1 amide bonds. The summed E-state index contributed by atoms with van der Waals surface area (Å²) in [4.78, 5) is 15.2. The molecule has 6 nitrogen and oxygen atoms in total. The lowest BCUT2D eigenvalue weighted by Gasteiger charge is -2.22. The molecule has 0 aliphatic heterocycles. The van der Waals surface area contributed by atoms with Crippen LogP contribution in [-0.2, 0) is 20.1 Å². The quantitative estimate of drug-likeness (QED) is 0.674. The van der Waals surface area contributed by atoms with E-state index in [9.17, 15) is 4.79 Å². The lowest BCUT2D eigenvalue weighted by atomic mass is 10.0. The van der Waals surface area contributed by atoms with E-state index in [0.29, 0.717) is 12.6 Å². The number of carbonyl (C=O) groups is 1. The van der Waals surface area contributed by atoms with Gasteiger partial charge in [-0.25, -0.2) is 0 Å². The highest BCUT2D eigenvalue weighted by Gasteiger charge is 2.33. The monoisotopic (exact) mass is 363 g/mol. The van der Waals surface area contributed by atoms with E-state index >= 15 is 0 Å². The van der Waals surface area contributed by atoms with Crippen LogP contribution in [0.25, 0.3) is 11.1 Å². The van der Waals surface area contributed by atoms with Gasteiger partial charge in [0.05, 0.1) is 12.4 Å². The van der Waals surface area contributed by atoms with Gasteiger partial charge < -0.3 is 4.90 Å². The molecular weight excluding hydrogens is 338 g/mol. The summed E-state index contributed by atoms with van der Waals surface area (Å²) in [7, 11) is 1.90. The molecule has 0 radical (unpaired) electrons. The molecule has 27 heavy (non-hydrogen) atoms. The van der Waals surface area contributed by atoms with Crippen molar-refractivity contribution in [2.45, 2.75) is 45.8 Å². The number of aryl methyl sites for hydroxylation is 2. The number of carbonyl (C=O) groups excluding carboxylic acids is 1. The second kappa shape index (κ2) is 7.02. The van der Waals surface area contributed by atoms with Crippen LogP contribution in [0, 0.1) is 6.92 Å². The first-order valence-electron chi connectivity index (χ1n) is 9.48. The predicted molar refractivity (Wildman–Crippen MR) is 104 cm³/mol. The molecule has 0 N–H and O–H groups in total. The van der Waals surface area contributed by atoms with E-state index in [1.54, 1.807) is 4.68 Å². The SMILES string of the molecule is CCn1ncc(-c2cccc(C(=O)N(Cc3cnn(C)c3)C3CC3)c2)c1C. The largest absolute Gasteiger partial charge is 0.331 e. The van der Waals surface area contributed by atoms with Gasteiger partial charge in [-0.3, -0.25) is 14.2 Å². The van der Waals surface area contributed by atoms with Gasteiger partial charge in [0.15, 0.2) is 0 Å². The van der Waals surface area contributed by atoms with Crippen LogP contribution in [-0.4, -0.2) is 36.4 Å². The van der Waals surface area contributed by atoms with Crippen molar-refractivity contribution < 1.29 is 4.79 Å². The highest BCUT2D eigenvalue weighted by atomic mass is 16.2. The lowest BCUT2D eigenvalue weighted by Crippen LogP contribution is -2.32. The molecule has 6 heteroatoms. The highest BCUT2D eigenvalue weighted by Crippen LogP contribution is 2.31. The van der Waals surface area contributed by atoms with E-state index in [2.05, 4.69) is 24.0 Å². The van der Waals surface area contributed by atoms with Gasteiger partial charge in [-0.15, -0.1) is 0 Å². The molecule has 140 valence electrons. The van der Waals surface area contributed by atoms with Gasteiger partial charge in [-0.2, -0.15) is 10.2 Å². The van der Waals surface area contributed by atoms with Crippen LogP contribution >= 0.6 is 0 Å². The van der Waals surface area contributed by atoms with Crippen LogP contribution in [0.4, 0.5) is 0 Å². The maximum absolute atomic E-state index is 13.2. The summed E-state index contributed by atoms with van der Waals surface area (Å²) in [5, 5.41) is 8.65. The number of rotatable bonds is 6. The maximum Gasteiger partial charge on any atom is 0.254 e. The van der Waals surface area contributed by atoms with Crippen LogP contribution in [0.5, 0.6) is 0 Å². The summed E-state index contributed by atoms with van der Waals surface area (Å²) in [5.41, 5.74) is 5.03. The van der Waals surface area contributed by atoms with Crippen LogP contribution < -0.4 is 0 Å². The third-order valence-electron chi connectivity index (χ3n) is 5.18. The molecule has 1 aliphatic carbocycles. The van der Waals surface area contributed by atoms with Crippen LogP contribution in [0.1, 0.15) is 41.4 Å². The molecule has 1 aromatic carbocycles. The summed E-state index contributed by atoms with van der Waals surface area (Å²) in [6.45, 7) is 5.59. The first-order valence-corrected chi connectivity index (χ1v) is 9.48. The Balaban J connectivity index is 1.61. The highest BCUT2D eigenvalue weighted by molar-refractivity contribution is 5.96. The molecule has 1 saturated carbocycles. The second-order valence-electron chi connectivity index (χ2n) is 7.23. The molecular formula is C21H25N5O. The Morgan fingerprint density at radius 1 is 1.26 bits per heavy atom. The summed E-state index contributed by atoms with van der Waals surface area (Å²) in [6, 6.07) is 8.24. The van der Waals surface area contributed by atoms with Crippen molar-refractivity contribution in [2.24, 2.45) is 7.05 Å². The molecule has 4 rings (SSSR count). The van der Waals surface area contributed by atoms with Crippen LogP contribution in [0.3, 0.4) is 0 Å². The number of hydrogen-bond donors (Lipinski definition) is 0. The molecule has 1 aliphatic rings. The minimum Gasteiger partial charge on any atom is -0.331 e. The molecule has 0 unspecified atom stereocenters. The Labute approximate surface area is 159 Å². The van der Waals surface area contributed by atoms with E-state index in [-0.39, 0.29) is 5.91 Å². The van der Waals surface area contributed by atoms with E-state index in [1.165, 1.54) is 0 Å². The Hall–Kier alpha value is -2.89. The van der Waals surface area contributed by atoms with Crippen LogP contribution in [0.2, 0.25) is 0 Å². The Morgan fingerprint density at radius 2 is 2.07 bits per heavy atom. The normalized spacial score (nSPS) is 13.7. The summed E-state index contributed by atoms with van der Waals surface area (Å²) in [5.74, 6) is 0.0868. The Bertz CT molecular complexity index is 967. The zero-order valence-electron chi connectivity index (χ0n) is 16.1. The molecule has 0 atom stereocenters. The first-order chi connectivity index (χ1) is 13.1. The first kappa shape index (κ1) is 17.5. The fourth-order valence-corrected chi connectivity index (χ4v) is 3.54. The molecule has 3 aromatic rings. The van der Waals surface area contributed by atoms with Crippen molar-refractivity contribution >= 4 is 5.91 Å². The average molecular weight is 363 g/mol. The van der Waals surface area contributed by atoms with Gasteiger partial charge >= 0.3 is 0 Å². The third-order valence-corrected chi connectivity index (χ3v) is 5.18. The van der Waals surface area contributed by atoms with E-state index in [4.69, 9.17) is 0 Å². The summed E-state index contributed by atoms with van der Waals surface area (Å²) < 4.78 is 3.75. The summed E-state index contributed by atoms with van der Waals surface area (Å²) in [6.07, 6.45) is 7.85. The zero-order chi connectivity index (χ0) is 19.0. The fraction of sp³-hybridized carbons (Fsp3) is 0.381. The van der Waals surface area contributed by atoms with Gasteiger partial charge in [0.2, 0.25) is 0 Å². The molecule has 2 heterocycles. The predicted octanol–water partition coefficient (Wildman–Crippen LogP) is 3.42. The van der Waals surface area contributed by atoms with Crippen LogP contribution in [0.15, 0.2) is 42.9 Å². The van der Waals surface area contributed by atoms with Gasteiger partial charge in [-0.05, 0) is 44.4 Å². The molecule has 2 aromatic heterocycles. The Kier molecular flexibility index (Phi) is 4.56. The standard InChI is InChI=1S/C21H25N5O/c1-4-26-15(2)20(12-23-26)17-6-5-7-18(10-17)21(27)25(19-8-9-19)14-16-11-22-24(3)13-16/h5-7,10-13,19H,4,8-9,14H2,1-3H3. The van der Waals surface area contributed by atoms with Gasteiger partial charge in [0, 0.05) is 54.8 Å². The van der Waals surface area contributed by atoms with Gasteiger partial charge in [0.25, 0.3) is 5.91 Å². The minimum atomic E-state index is 0.0868. The minimum absolute atomic E-state index is 0.0868. The number of nitrogens with zero attached hydrogens (tertiary/aromatic N) is 5. The number of aromatic nitrogens is 4. The molecule has 0 saturated heterocycles. The topological polar surface area (TPSA) is 56.0 Å². The number of benzene rings is 1. The van der Waals surface area contributed by atoms with E-state index < -0.39 is 0 Å². The van der Waals surface area contributed by atoms with E-state index in [0.717, 1.165) is 47.3 Å². The smallest absolute Gasteiger partial charge is 0.254 e. The van der Waals surface area contributed by atoms with Crippen molar-refractivity contribution in [1.29, 1.82) is 0 Å².